The summed E-state index contributed by atoms with van der Waals surface area (Å²) < 4.78 is 27.1. The third-order valence-corrected chi connectivity index (χ3v) is 10.2. The van der Waals surface area contributed by atoms with Crippen molar-refractivity contribution >= 4 is 34.2 Å². The molecule has 0 fully saturated rings. The van der Waals surface area contributed by atoms with Crippen molar-refractivity contribution in [3.05, 3.63) is 115 Å². The van der Waals surface area contributed by atoms with E-state index in [4.69, 9.17) is 9.47 Å². The van der Waals surface area contributed by atoms with E-state index in [0.29, 0.717) is 36.4 Å². The fourth-order valence-electron chi connectivity index (χ4n) is 7.35. The molecule has 0 saturated carbocycles. The van der Waals surface area contributed by atoms with Gasteiger partial charge in [-0.25, -0.2) is 4.39 Å². The molecule has 0 bridgehead atoms. The second kappa shape index (κ2) is 12.6. The molecule has 0 amide bonds. The maximum absolute atomic E-state index is 14.4. The Morgan fingerprint density at radius 2 is 1.43 bits per heavy atom. The van der Waals surface area contributed by atoms with Crippen LogP contribution in [-0.4, -0.2) is 30.1 Å². The molecule has 3 aromatic carbocycles. The van der Waals surface area contributed by atoms with Gasteiger partial charge in [0.25, 0.3) is 0 Å². The molecule has 0 N–H and O–H groups in total. The maximum Gasteiger partial charge on any atom is 0.174 e. The van der Waals surface area contributed by atoms with Crippen LogP contribution in [0.5, 0.6) is 11.5 Å². The van der Waals surface area contributed by atoms with Gasteiger partial charge in [-0.15, -0.1) is 0 Å². The summed E-state index contributed by atoms with van der Waals surface area (Å²) in [5, 5.41) is 0. The molecule has 240 valence electrons. The van der Waals surface area contributed by atoms with Gasteiger partial charge in [0.15, 0.2) is 23.1 Å². The van der Waals surface area contributed by atoms with Crippen molar-refractivity contribution in [2.75, 3.05) is 13.7 Å². The predicted octanol–water partition coefficient (Wildman–Crippen LogP) is 8.95. The van der Waals surface area contributed by atoms with Crippen molar-refractivity contribution in [2.24, 2.45) is 10.8 Å². The van der Waals surface area contributed by atoms with E-state index in [1.165, 1.54) is 11.6 Å². The van der Waals surface area contributed by atoms with Crippen LogP contribution in [0, 0.1) is 20.2 Å². The highest BCUT2D eigenvalue weighted by Crippen LogP contribution is 2.55. The number of rotatable bonds is 8. The van der Waals surface area contributed by atoms with Gasteiger partial charge in [-0.05, 0) is 82.0 Å². The van der Waals surface area contributed by atoms with Gasteiger partial charge in [0.05, 0.1) is 10.7 Å². The van der Waals surface area contributed by atoms with Gasteiger partial charge >= 0.3 is 0 Å². The fraction of sp³-hybridized carbons (Fsp3) is 0.385. The number of ketones is 2. The molecule has 0 atom stereocenters. The molecule has 0 radical (unpaired) electrons. The van der Waals surface area contributed by atoms with E-state index in [9.17, 15) is 14.0 Å². The molecule has 5 nitrogen and oxygen atoms in total. The Bertz CT molecular complexity index is 1700. The molecular weight excluding hydrogens is 692 g/mol. The van der Waals surface area contributed by atoms with Crippen LogP contribution in [0.15, 0.2) is 89.3 Å². The number of methoxy groups -OCH3 is 1. The van der Waals surface area contributed by atoms with Crippen LogP contribution in [-0.2, 0) is 22.6 Å². The van der Waals surface area contributed by atoms with Crippen LogP contribution in [0.2, 0.25) is 0 Å². The Hall–Kier alpha value is -3.46. The number of hydrogen-bond acceptors (Lipinski definition) is 5. The second-order valence-corrected chi connectivity index (χ2v) is 15.5. The number of hydrogen-bond donors (Lipinski definition) is 0. The zero-order valence-electron chi connectivity index (χ0n) is 27.2. The molecule has 46 heavy (non-hydrogen) atoms. The quantitative estimate of drug-likeness (QED) is 0.217. The molecule has 3 aromatic rings. The van der Waals surface area contributed by atoms with Crippen LogP contribution in [0.1, 0.15) is 76.0 Å². The zero-order chi connectivity index (χ0) is 32.8. The minimum Gasteiger partial charge on any atom is -0.493 e. The molecule has 3 aliphatic rings. The SMILES string of the molecule is COc1cc(C2C3=C(CC(C)(C)CC3=O)N(CCc3ccccc3)C3=C2C(=O)CC(C)(C)C3)cc(I)c1OCc1ccccc1F. The number of Topliss-reactive ketones (excluding diaryl/α,β-unsaturated/α-hetero) is 2. The number of carbonyl (C=O) groups excluding carboxylic acids is 2. The van der Waals surface area contributed by atoms with Crippen molar-refractivity contribution in [3.8, 4) is 11.5 Å². The molecule has 2 aliphatic carbocycles. The topological polar surface area (TPSA) is 55.8 Å². The Labute approximate surface area is 285 Å². The molecule has 0 aromatic heterocycles. The fourth-order valence-corrected chi connectivity index (χ4v) is 8.13. The van der Waals surface area contributed by atoms with Crippen LogP contribution in [0.25, 0.3) is 0 Å². The number of allylic oxidation sites excluding steroid dienone is 4. The molecule has 7 heteroatoms. The predicted molar refractivity (Wildman–Crippen MR) is 186 cm³/mol. The Balaban J connectivity index is 1.48. The van der Waals surface area contributed by atoms with E-state index in [2.05, 4.69) is 79.5 Å². The van der Waals surface area contributed by atoms with Gasteiger partial charge in [0, 0.05) is 53.4 Å². The Morgan fingerprint density at radius 1 is 0.848 bits per heavy atom. The summed E-state index contributed by atoms with van der Waals surface area (Å²) in [6.45, 7) is 9.38. The van der Waals surface area contributed by atoms with Crippen LogP contribution >= 0.6 is 22.6 Å². The zero-order valence-corrected chi connectivity index (χ0v) is 29.4. The van der Waals surface area contributed by atoms with Gasteiger partial charge in [0.1, 0.15) is 12.4 Å². The average molecular weight is 734 g/mol. The van der Waals surface area contributed by atoms with Crippen LogP contribution < -0.4 is 9.47 Å². The number of ether oxygens (including phenoxy) is 2. The van der Waals surface area contributed by atoms with Crippen molar-refractivity contribution in [1.82, 2.24) is 4.90 Å². The first-order valence-corrected chi connectivity index (χ1v) is 17.0. The smallest absolute Gasteiger partial charge is 0.174 e. The molecule has 0 unspecified atom stereocenters. The third kappa shape index (κ3) is 6.40. The average Bonchev–Trinajstić information content (AvgIpc) is 2.99. The van der Waals surface area contributed by atoms with Gasteiger partial charge in [0.2, 0.25) is 0 Å². The highest BCUT2D eigenvalue weighted by Gasteiger charge is 2.49. The standard InChI is InChI=1S/C39H41FINO4/c1-38(2)19-29-35(31(43)21-38)34(26-17-28(41)37(33(18-26)45-5)46-23-25-13-9-10-14-27(25)40)36-30(20-39(3,4)22-32(36)44)42(29)16-15-24-11-7-6-8-12-24/h6-14,17-18,34H,15-16,19-23H2,1-5H3. The molecule has 0 saturated heterocycles. The lowest BCUT2D eigenvalue weighted by molar-refractivity contribution is -0.119. The summed E-state index contributed by atoms with van der Waals surface area (Å²) in [7, 11) is 1.58. The molecular formula is C39H41FINO4. The van der Waals surface area contributed by atoms with Crippen LogP contribution in [0.4, 0.5) is 4.39 Å². The minimum atomic E-state index is -0.492. The van der Waals surface area contributed by atoms with Crippen molar-refractivity contribution in [2.45, 2.75) is 72.3 Å². The van der Waals surface area contributed by atoms with E-state index in [1.807, 2.05) is 18.2 Å². The van der Waals surface area contributed by atoms with Gasteiger partial charge in [-0.1, -0.05) is 76.2 Å². The third-order valence-electron chi connectivity index (χ3n) is 9.40. The maximum atomic E-state index is 14.4. The summed E-state index contributed by atoms with van der Waals surface area (Å²) in [6.07, 6.45) is 3.16. The Kier molecular flexibility index (Phi) is 8.91. The minimum absolute atomic E-state index is 0.0456. The summed E-state index contributed by atoms with van der Waals surface area (Å²) in [5.74, 6) is 0.363. The normalized spacial score (nSPS) is 19.2. The molecule has 0 spiro atoms. The second-order valence-electron chi connectivity index (χ2n) is 14.3. The van der Waals surface area contributed by atoms with E-state index < -0.39 is 5.92 Å². The van der Waals surface area contributed by atoms with Crippen molar-refractivity contribution in [3.63, 3.8) is 0 Å². The lowest BCUT2D eigenvalue weighted by Crippen LogP contribution is -2.45. The number of nitrogens with zero attached hydrogens (tertiary/aromatic N) is 1. The molecule has 1 heterocycles. The summed E-state index contributed by atoms with van der Waals surface area (Å²) >= 11 is 2.21. The first-order valence-electron chi connectivity index (χ1n) is 15.9. The van der Waals surface area contributed by atoms with E-state index in [1.54, 1.807) is 25.3 Å². The van der Waals surface area contributed by atoms with E-state index in [0.717, 1.165) is 50.9 Å². The Morgan fingerprint density at radius 3 is 2.02 bits per heavy atom. The van der Waals surface area contributed by atoms with Gasteiger partial charge in [-0.3, -0.25) is 9.59 Å². The van der Waals surface area contributed by atoms with E-state index in [-0.39, 0.29) is 34.8 Å². The van der Waals surface area contributed by atoms with Crippen molar-refractivity contribution in [1.29, 1.82) is 0 Å². The first kappa shape index (κ1) is 32.5. The van der Waals surface area contributed by atoms with Gasteiger partial charge < -0.3 is 14.4 Å². The molecule has 1 aliphatic heterocycles. The number of carbonyl (C=O) groups is 2. The number of benzene rings is 3. The lowest BCUT2D eigenvalue weighted by atomic mass is 9.63. The van der Waals surface area contributed by atoms with Crippen molar-refractivity contribution < 1.29 is 23.5 Å². The molecule has 6 rings (SSSR count). The lowest BCUT2D eigenvalue weighted by Gasteiger charge is -2.49. The first-order chi connectivity index (χ1) is 21.9. The summed E-state index contributed by atoms with van der Waals surface area (Å²) in [4.78, 5) is 30.8. The summed E-state index contributed by atoms with van der Waals surface area (Å²) in [5.41, 5.74) is 5.66. The van der Waals surface area contributed by atoms with Crippen LogP contribution in [0.3, 0.4) is 0 Å². The highest BCUT2D eigenvalue weighted by molar-refractivity contribution is 14.1. The highest BCUT2D eigenvalue weighted by atomic mass is 127. The number of halogens is 2. The van der Waals surface area contributed by atoms with E-state index >= 15 is 0 Å². The summed E-state index contributed by atoms with van der Waals surface area (Å²) in [6, 6.07) is 20.8. The van der Waals surface area contributed by atoms with Gasteiger partial charge in [-0.2, -0.15) is 0 Å². The monoisotopic (exact) mass is 733 g/mol. The largest absolute Gasteiger partial charge is 0.493 e.